The summed E-state index contributed by atoms with van der Waals surface area (Å²) in [5, 5.41) is 59.5. The summed E-state index contributed by atoms with van der Waals surface area (Å²) < 4.78 is 11.2. The number of allylic oxidation sites excluding steroid dienone is 2. The van der Waals surface area contributed by atoms with Gasteiger partial charge in [0.15, 0.2) is 6.29 Å². The van der Waals surface area contributed by atoms with Crippen LogP contribution in [0.3, 0.4) is 0 Å². The van der Waals surface area contributed by atoms with Crippen molar-refractivity contribution in [3.8, 4) is 0 Å². The minimum absolute atomic E-state index is 0.198. The molecule has 7 atom stereocenters. The van der Waals surface area contributed by atoms with Gasteiger partial charge in [-0.05, 0) is 65.3 Å². The van der Waals surface area contributed by atoms with E-state index in [2.05, 4.69) is 79.0 Å². The molecule has 1 heterocycles. The van der Waals surface area contributed by atoms with Crippen molar-refractivity contribution >= 4 is 33.5 Å². The number of aliphatic hydroxyl groups excluding tert-OH is 5. The summed E-state index contributed by atoms with van der Waals surface area (Å²) in [7, 11) is 0. The van der Waals surface area contributed by atoms with Gasteiger partial charge in [-0.2, -0.15) is 0 Å². The number of amides is 1. The molecule has 0 spiro atoms. The molecule has 0 bridgehead atoms. The first-order valence-corrected chi connectivity index (χ1v) is 23.5. The summed E-state index contributed by atoms with van der Waals surface area (Å²) >= 11 is 0. The third-order valence-electron chi connectivity index (χ3n) is 12.0. The quantitative estimate of drug-likeness (QED) is 0.0213. The maximum absolute atomic E-state index is 13.1. The smallest absolute Gasteiger partial charge is 0.220 e. The number of hydrogen-bond donors (Lipinski definition) is 6. The summed E-state index contributed by atoms with van der Waals surface area (Å²) in [5.41, 5.74) is 1.29. The largest absolute Gasteiger partial charge is 0.394 e. The second-order valence-corrected chi connectivity index (χ2v) is 16.9. The normalized spacial score (nSPS) is 20.7. The van der Waals surface area contributed by atoms with Crippen LogP contribution in [0.1, 0.15) is 154 Å². The fraction of sp³-hybridized carbons (Fsp3) is 0.627. The molecule has 6 N–H and O–H groups in total. The Bertz CT molecular complexity index is 1620. The van der Waals surface area contributed by atoms with E-state index in [1.807, 2.05) is 6.08 Å². The highest BCUT2D eigenvalue weighted by Gasteiger charge is 2.44. The Hall–Kier alpha value is -3.15. The molecule has 334 valence electrons. The van der Waals surface area contributed by atoms with Crippen LogP contribution in [0.15, 0.2) is 72.8 Å². The van der Waals surface area contributed by atoms with Crippen LogP contribution in [0.2, 0.25) is 0 Å². The van der Waals surface area contributed by atoms with Gasteiger partial charge in [-0.1, -0.05) is 182 Å². The number of carbonyl (C=O) groups is 1. The standard InChI is InChI=1S/C51H77NO8/c1-2-3-4-5-6-7-8-9-10-11-14-17-20-23-34-45(54)44(38-59-51-50(58)49(57)48(56)46(37-53)60-51)52-47(55)35-24-21-18-15-12-13-16-19-22-33-43-41-31-27-25-29-39(41)36-40-30-26-28-32-42(40)43/h22-23,25-34,36,44-46,48-51,53-54,56-58H,2-21,24,35,37-38H2,1H3,(H,52,55)/b33-22+,34-23+/t44-,45+,46+,48-,49-,50+,51+/m0/s1. The van der Waals surface area contributed by atoms with Crippen LogP contribution in [-0.2, 0) is 14.3 Å². The van der Waals surface area contributed by atoms with Crippen LogP contribution < -0.4 is 5.32 Å². The molecule has 0 saturated carbocycles. The number of benzene rings is 3. The van der Waals surface area contributed by atoms with Crippen LogP contribution in [0.5, 0.6) is 0 Å². The summed E-state index contributed by atoms with van der Waals surface area (Å²) in [6, 6.07) is 18.6. The number of aliphatic hydroxyl groups is 5. The maximum Gasteiger partial charge on any atom is 0.220 e. The van der Waals surface area contributed by atoms with E-state index < -0.39 is 49.5 Å². The van der Waals surface area contributed by atoms with E-state index >= 15 is 0 Å². The van der Waals surface area contributed by atoms with E-state index in [0.29, 0.717) is 6.42 Å². The zero-order valence-electron chi connectivity index (χ0n) is 36.5. The maximum atomic E-state index is 13.1. The molecule has 3 aromatic rings. The Morgan fingerprint density at radius 1 is 0.700 bits per heavy atom. The van der Waals surface area contributed by atoms with Crippen molar-refractivity contribution in [1.82, 2.24) is 5.32 Å². The van der Waals surface area contributed by atoms with E-state index in [1.165, 1.54) is 97.7 Å². The lowest BCUT2D eigenvalue weighted by Gasteiger charge is -2.40. The number of nitrogens with one attached hydrogen (secondary N) is 1. The number of hydrogen-bond acceptors (Lipinski definition) is 8. The first kappa shape index (κ1) is 49.5. The minimum atomic E-state index is -1.58. The molecule has 1 aliphatic heterocycles. The first-order valence-electron chi connectivity index (χ1n) is 23.5. The molecule has 1 aliphatic rings. The van der Waals surface area contributed by atoms with Gasteiger partial charge in [-0.15, -0.1) is 0 Å². The number of fused-ring (bicyclic) bond motifs is 2. The van der Waals surface area contributed by atoms with Crippen molar-refractivity contribution in [2.75, 3.05) is 13.2 Å². The molecule has 0 unspecified atom stereocenters. The Balaban J connectivity index is 1.13. The average Bonchev–Trinajstić information content (AvgIpc) is 3.26. The fourth-order valence-corrected chi connectivity index (χ4v) is 8.24. The molecule has 1 saturated heterocycles. The van der Waals surface area contributed by atoms with Crippen molar-refractivity contribution in [1.29, 1.82) is 0 Å². The second-order valence-electron chi connectivity index (χ2n) is 16.9. The van der Waals surface area contributed by atoms with Gasteiger partial charge in [-0.25, -0.2) is 0 Å². The van der Waals surface area contributed by atoms with Crippen molar-refractivity contribution < 1.29 is 39.8 Å². The highest BCUT2D eigenvalue weighted by molar-refractivity contribution is 6.06. The fourth-order valence-electron chi connectivity index (χ4n) is 8.24. The lowest BCUT2D eigenvalue weighted by molar-refractivity contribution is -0.302. The molecule has 4 rings (SSSR count). The Labute approximate surface area is 360 Å². The molecular formula is C51H77NO8. The number of unbranched alkanes of at least 4 members (excludes halogenated alkanes) is 19. The van der Waals surface area contributed by atoms with Crippen LogP contribution in [0, 0.1) is 0 Å². The number of rotatable bonds is 31. The van der Waals surface area contributed by atoms with Gasteiger partial charge < -0.3 is 40.3 Å². The summed E-state index contributed by atoms with van der Waals surface area (Å²) in [6.07, 6.45) is 24.9. The molecule has 9 heteroatoms. The van der Waals surface area contributed by atoms with Crippen LogP contribution in [0.4, 0.5) is 0 Å². The van der Waals surface area contributed by atoms with Gasteiger partial charge in [0.25, 0.3) is 0 Å². The predicted molar refractivity (Wildman–Crippen MR) is 245 cm³/mol. The summed E-state index contributed by atoms with van der Waals surface area (Å²) in [5.74, 6) is -0.198. The monoisotopic (exact) mass is 832 g/mol. The van der Waals surface area contributed by atoms with Gasteiger partial charge >= 0.3 is 0 Å². The van der Waals surface area contributed by atoms with Gasteiger partial charge in [0.2, 0.25) is 5.91 Å². The van der Waals surface area contributed by atoms with Gasteiger partial charge in [0.1, 0.15) is 24.4 Å². The third-order valence-corrected chi connectivity index (χ3v) is 12.0. The van der Waals surface area contributed by atoms with Gasteiger partial charge in [0.05, 0.1) is 25.4 Å². The van der Waals surface area contributed by atoms with Gasteiger partial charge in [-0.3, -0.25) is 4.79 Å². The molecule has 3 aromatic carbocycles. The lowest BCUT2D eigenvalue weighted by Crippen LogP contribution is -2.60. The van der Waals surface area contributed by atoms with Crippen molar-refractivity contribution in [2.24, 2.45) is 0 Å². The van der Waals surface area contributed by atoms with E-state index in [9.17, 15) is 30.3 Å². The average molecular weight is 832 g/mol. The van der Waals surface area contributed by atoms with Crippen LogP contribution in [0.25, 0.3) is 27.6 Å². The van der Waals surface area contributed by atoms with Gasteiger partial charge in [0, 0.05) is 6.42 Å². The molecule has 9 nitrogen and oxygen atoms in total. The molecule has 1 amide bonds. The zero-order valence-corrected chi connectivity index (χ0v) is 36.5. The molecule has 0 radical (unpaired) electrons. The predicted octanol–water partition coefficient (Wildman–Crippen LogP) is 9.83. The van der Waals surface area contributed by atoms with E-state index in [-0.39, 0.29) is 12.5 Å². The van der Waals surface area contributed by atoms with E-state index in [0.717, 1.165) is 64.2 Å². The van der Waals surface area contributed by atoms with Crippen LogP contribution >= 0.6 is 0 Å². The Morgan fingerprint density at radius 2 is 1.22 bits per heavy atom. The minimum Gasteiger partial charge on any atom is -0.394 e. The SMILES string of the molecule is CCCCCCCCCCCCCC/C=C/[C@@H](O)[C@H](CO[C@@H]1O[C@H](CO)[C@H](O)[C@H](O)[C@H]1O)NC(=O)CCCCCCCCC/C=C/c1c2ccccc2cc2ccccc12. The third kappa shape index (κ3) is 17.3. The van der Waals surface area contributed by atoms with Crippen molar-refractivity contribution in [3.05, 3.63) is 78.4 Å². The molecule has 0 aromatic heterocycles. The molecule has 60 heavy (non-hydrogen) atoms. The second kappa shape index (κ2) is 29.2. The Morgan fingerprint density at radius 3 is 1.78 bits per heavy atom. The molecule has 0 aliphatic carbocycles. The first-order chi connectivity index (χ1) is 29.3. The Kier molecular flexibility index (Phi) is 24.1. The summed E-state index contributed by atoms with van der Waals surface area (Å²) in [4.78, 5) is 13.1. The highest BCUT2D eigenvalue weighted by Crippen LogP contribution is 2.30. The lowest BCUT2D eigenvalue weighted by atomic mass is 9.96. The highest BCUT2D eigenvalue weighted by atomic mass is 16.7. The topological polar surface area (TPSA) is 149 Å². The van der Waals surface area contributed by atoms with Crippen molar-refractivity contribution in [2.45, 2.75) is 191 Å². The molecular weight excluding hydrogens is 755 g/mol. The molecule has 1 fully saturated rings. The number of carbonyl (C=O) groups excluding carboxylic acids is 1. The zero-order chi connectivity index (χ0) is 42.8. The summed E-state index contributed by atoms with van der Waals surface area (Å²) in [6.45, 7) is 1.48. The number of ether oxygens (including phenoxy) is 2. The van der Waals surface area contributed by atoms with Crippen molar-refractivity contribution in [3.63, 3.8) is 0 Å². The van der Waals surface area contributed by atoms with E-state index in [4.69, 9.17) is 9.47 Å². The van der Waals surface area contributed by atoms with Crippen LogP contribution in [-0.4, -0.2) is 87.5 Å². The van der Waals surface area contributed by atoms with E-state index in [1.54, 1.807) is 6.08 Å².